The number of nitrogens with zero attached hydrogens (tertiary/aromatic N) is 3. The van der Waals surface area contributed by atoms with Crippen LogP contribution in [-0.2, 0) is 17.8 Å². The predicted molar refractivity (Wildman–Crippen MR) is 85.3 cm³/mol. The van der Waals surface area contributed by atoms with Crippen LogP contribution in [0.15, 0.2) is 36.7 Å². The van der Waals surface area contributed by atoms with E-state index in [1.807, 2.05) is 24.3 Å². The fraction of sp³-hybridized carbons (Fsp3) is 0.312. The zero-order valence-corrected chi connectivity index (χ0v) is 12.8. The molecule has 1 atom stereocenters. The van der Waals surface area contributed by atoms with E-state index in [9.17, 15) is 4.79 Å². The van der Waals surface area contributed by atoms with Gasteiger partial charge in [-0.1, -0.05) is 24.3 Å². The van der Waals surface area contributed by atoms with E-state index in [1.165, 1.54) is 11.8 Å². The largest absolute Gasteiger partial charge is 0.353 e. The number of thioether (sulfide) groups is 1. The van der Waals surface area contributed by atoms with Crippen LogP contribution in [0.3, 0.4) is 0 Å². The van der Waals surface area contributed by atoms with Gasteiger partial charge in [0, 0.05) is 12.7 Å². The number of benzene rings is 1. The Labute approximate surface area is 133 Å². The molecule has 2 heterocycles. The average Bonchev–Trinajstić information content (AvgIpc) is 3.02. The predicted octanol–water partition coefficient (Wildman–Crippen LogP) is 1.90. The lowest BCUT2D eigenvalue weighted by Gasteiger charge is -2.24. The zero-order valence-electron chi connectivity index (χ0n) is 12.0. The summed E-state index contributed by atoms with van der Waals surface area (Å²) in [5.41, 5.74) is 2.93. The summed E-state index contributed by atoms with van der Waals surface area (Å²) in [6, 6.07) is 10.2. The number of hydrogen-bond donors (Lipinski definition) is 1. The lowest BCUT2D eigenvalue weighted by Crippen LogP contribution is -2.32. The van der Waals surface area contributed by atoms with Crippen molar-refractivity contribution in [3.63, 3.8) is 0 Å². The van der Waals surface area contributed by atoms with E-state index in [4.69, 9.17) is 5.26 Å². The van der Waals surface area contributed by atoms with Crippen LogP contribution < -0.4 is 5.32 Å². The number of aryl methyl sites for hydroxylation is 1. The molecule has 1 aromatic carbocycles. The molecule has 0 saturated carbocycles. The molecule has 0 fully saturated rings. The first-order valence-electron chi connectivity index (χ1n) is 7.17. The molecule has 0 bridgehead atoms. The Morgan fingerprint density at radius 2 is 2.36 bits per heavy atom. The Kier molecular flexibility index (Phi) is 4.45. The Bertz CT molecular complexity index is 719. The van der Waals surface area contributed by atoms with Crippen LogP contribution >= 0.6 is 11.8 Å². The number of fused-ring (bicyclic) bond motifs is 1. The Morgan fingerprint density at radius 3 is 3.18 bits per heavy atom. The standard InChI is InChI=1S/C16H16N4OS/c17-9-12-10-19-20(11-12)7-6-18-16(21)15-14-4-2-1-3-13(14)5-8-22-15/h1-4,10-11,15H,5-8H2,(H,18,21)/t15-/m0/s1. The third-order valence-corrected chi connectivity index (χ3v) is 4.88. The molecule has 1 aliphatic heterocycles. The van der Waals surface area contributed by atoms with Gasteiger partial charge in [-0.3, -0.25) is 9.48 Å². The van der Waals surface area contributed by atoms with E-state index in [2.05, 4.69) is 16.5 Å². The van der Waals surface area contributed by atoms with Crippen molar-refractivity contribution >= 4 is 17.7 Å². The number of carbonyl (C=O) groups is 1. The molecule has 5 nitrogen and oxygen atoms in total. The van der Waals surface area contributed by atoms with Gasteiger partial charge in [0.05, 0.1) is 18.3 Å². The molecular weight excluding hydrogens is 296 g/mol. The first-order valence-corrected chi connectivity index (χ1v) is 8.22. The van der Waals surface area contributed by atoms with Crippen LogP contribution in [0.2, 0.25) is 0 Å². The first kappa shape index (κ1) is 14.7. The number of aromatic nitrogens is 2. The maximum absolute atomic E-state index is 12.4. The molecule has 0 spiro atoms. The van der Waals surface area contributed by atoms with Gasteiger partial charge in [-0.05, 0) is 23.3 Å². The van der Waals surface area contributed by atoms with E-state index in [0.29, 0.717) is 18.7 Å². The average molecular weight is 312 g/mol. The van der Waals surface area contributed by atoms with E-state index >= 15 is 0 Å². The number of amides is 1. The molecule has 1 amide bonds. The maximum atomic E-state index is 12.4. The summed E-state index contributed by atoms with van der Waals surface area (Å²) in [5.74, 6) is 1.02. The van der Waals surface area contributed by atoms with E-state index in [-0.39, 0.29) is 11.2 Å². The molecule has 22 heavy (non-hydrogen) atoms. The van der Waals surface area contributed by atoms with Gasteiger partial charge in [-0.15, -0.1) is 11.8 Å². The van der Waals surface area contributed by atoms with E-state index in [1.54, 1.807) is 22.6 Å². The highest BCUT2D eigenvalue weighted by Gasteiger charge is 2.26. The summed E-state index contributed by atoms with van der Waals surface area (Å²) in [6.45, 7) is 1.07. The van der Waals surface area contributed by atoms with Gasteiger partial charge in [0.2, 0.25) is 5.91 Å². The molecule has 1 aliphatic rings. The normalized spacial score (nSPS) is 16.6. The van der Waals surface area contributed by atoms with Crippen LogP contribution in [0.4, 0.5) is 0 Å². The Balaban J connectivity index is 1.58. The van der Waals surface area contributed by atoms with Gasteiger partial charge in [0.1, 0.15) is 11.3 Å². The van der Waals surface area contributed by atoms with Crippen molar-refractivity contribution in [2.75, 3.05) is 12.3 Å². The van der Waals surface area contributed by atoms with Gasteiger partial charge in [-0.2, -0.15) is 10.4 Å². The van der Waals surface area contributed by atoms with Crippen LogP contribution in [-0.4, -0.2) is 28.0 Å². The van der Waals surface area contributed by atoms with Crippen LogP contribution in [0.5, 0.6) is 0 Å². The van der Waals surface area contributed by atoms with Gasteiger partial charge >= 0.3 is 0 Å². The Morgan fingerprint density at radius 1 is 1.50 bits per heavy atom. The Hall–Kier alpha value is -2.26. The van der Waals surface area contributed by atoms with Crippen LogP contribution in [0.25, 0.3) is 0 Å². The zero-order chi connectivity index (χ0) is 15.4. The number of hydrogen-bond acceptors (Lipinski definition) is 4. The quantitative estimate of drug-likeness (QED) is 0.936. The maximum Gasteiger partial charge on any atom is 0.237 e. The molecule has 0 aliphatic carbocycles. The summed E-state index contributed by atoms with van der Waals surface area (Å²) in [6.07, 6.45) is 4.22. The van der Waals surface area contributed by atoms with Gasteiger partial charge < -0.3 is 5.32 Å². The fourth-order valence-corrected chi connectivity index (χ4v) is 3.76. The molecule has 3 rings (SSSR count). The van der Waals surface area contributed by atoms with Crippen molar-refractivity contribution in [2.45, 2.75) is 18.2 Å². The van der Waals surface area contributed by atoms with Crippen molar-refractivity contribution in [1.82, 2.24) is 15.1 Å². The van der Waals surface area contributed by atoms with E-state index < -0.39 is 0 Å². The number of rotatable bonds is 4. The summed E-state index contributed by atoms with van der Waals surface area (Å²) in [4.78, 5) is 12.4. The molecule has 6 heteroatoms. The van der Waals surface area contributed by atoms with Gasteiger partial charge in [0.25, 0.3) is 0 Å². The third-order valence-electron chi connectivity index (χ3n) is 3.63. The lowest BCUT2D eigenvalue weighted by molar-refractivity contribution is -0.120. The summed E-state index contributed by atoms with van der Waals surface area (Å²) in [7, 11) is 0. The highest BCUT2D eigenvalue weighted by Crippen LogP contribution is 2.36. The van der Waals surface area contributed by atoms with Gasteiger partial charge in [0.15, 0.2) is 0 Å². The van der Waals surface area contributed by atoms with Crippen molar-refractivity contribution in [2.24, 2.45) is 0 Å². The molecule has 112 valence electrons. The van der Waals surface area contributed by atoms with Crippen LogP contribution in [0.1, 0.15) is 21.9 Å². The second-order valence-electron chi connectivity index (χ2n) is 5.09. The monoisotopic (exact) mass is 312 g/mol. The fourth-order valence-electron chi connectivity index (χ4n) is 2.54. The number of carbonyl (C=O) groups excluding carboxylic acids is 1. The van der Waals surface area contributed by atoms with Crippen molar-refractivity contribution in [3.8, 4) is 6.07 Å². The topological polar surface area (TPSA) is 70.7 Å². The highest BCUT2D eigenvalue weighted by molar-refractivity contribution is 8.00. The van der Waals surface area contributed by atoms with Crippen molar-refractivity contribution in [1.29, 1.82) is 5.26 Å². The van der Waals surface area contributed by atoms with Crippen molar-refractivity contribution < 1.29 is 4.79 Å². The first-order chi connectivity index (χ1) is 10.8. The number of nitrogens with one attached hydrogen (secondary N) is 1. The molecule has 0 unspecified atom stereocenters. The highest BCUT2D eigenvalue weighted by atomic mass is 32.2. The molecule has 2 aromatic rings. The SMILES string of the molecule is N#Cc1cnn(CCNC(=O)[C@H]2SCCc3ccccc32)c1. The molecule has 0 saturated heterocycles. The summed E-state index contributed by atoms with van der Waals surface area (Å²) < 4.78 is 1.67. The lowest BCUT2D eigenvalue weighted by atomic mass is 10.0. The molecule has 1 N–H and O–H groups in total. The minimum Gasteiger partial charge on any atom is -0.353 e. The van der Waals surface area contributed by atoms with Crippen LogP contribution in [0, 0.1) is 11.3 Å². The second kappa shape index (κ2) is 6.67. The summed E-state index contributed by atoms with van der Waals surface area (Å²) >= 11 is 1.69. The number of nitriles is 1. The molecule has 0 radical (unpaired) electrons. The smallest absolute Gasteiger partial charge is 0.237 e. The second-order valence-corrected chi connectivity index (χ2v) is 6.31. The van der Waals surface area contributed by atoms with Crippen molar-refractivity contribution in [3.05, 3.63) is 53.3 Å². The summed E-state index contributed by atoms with van der Waals surface area (Å²) in [5, 5.41) is 15.7. The molecule has 1 aromatic heterocycles. The van der Waals surface area contributed by atoms with Gasteiger partial charge in [-0.25, -0.2) is 0 Å². The molecular formula is C16H16N4OS. The third kappa shape index (κ3) is 3.15. The minimum atomic E-state index is -0.128. The van der Waals surface area contributed by atoms with E-state index in [0.717, 1.165) is 17.7 Å². The minimum absolute atomic E-state index is 0.0461.